The first-order valence-corrected chi connectivity index (χ1v) is 8.06. The van der Waals surface area contributed by atoms with Crippen molar-refractivity contribution in [3.63, 3.8) is 0 Å². The number of fused-ring (bicyclic) bond motifs is 1. The first kappa shape index (κ1) is 14.1. The number of nitrogens with zero attached hydrogens (tertiary/aromatic N) is 1. The summed E-state index contributed by atoms with van der Waals surface area (Å²) in [5.41, 5.74) is 1.82. The zero-order valence-corrected chi connectivity index (χ0v) is 12.9. The molecule has 0 atom stereocenters. The van der Waals surface area contributed by atoms with Gasteiger partial charge in [0.1, 0.15) is 13.2 Å². The van der Waals surface area contributed by atoms with Crippen molar-refractivity contribution in [2.75, 3.05) is 13.2 Å². The van der Waals surface area contributed by atoms with Crippen molar-refractivity contribution in [2.24, 2.45) is 0 Å². The van der Waals surface area contributed by atoms with Gasteiger partial charge in [0.25, 0.3) is 5.91 Å². The lowest BCUT2D eigenvalue weighted by atomic mass is 10.1. The molecule has 0 radical (unpaired) electrons. The van der Waals surface area contributed by atoms with Gasteiger partial charge in [-0.2, -0.15) is 0 Å². The van der Waals surface area contributed by atoms with Gasteiger partial charge in [0.2, 0.25) is 0 Å². The minimum Gasteiger partial charge on any atom is -0.486 e. The van der Waals surface area contributed by atoms with Crippen LogP contribution in [0.1, 0.15) is 28.8 Å². The summed E-state index contributed by atoms with van der Waals surface area (Å²) in [5.74, 6) is 1.44. The minimum absolute atomic E-state index is 0.0633. The lowest BCUT2D eigenvalue weighted by Crippen LogP contribution is -2.32. The Hall–Kier alpha value is -2.49. The van der Waals surface area contributed by atoms with E-state index in [0.717, 1.165) is 18.4 Å². The summed E-state index contributed by atoms with van der Waals surface area (Å²) in [6.07, 6.45) is 2.17. The molecule has 4 heteroatoms. The van der Waals surface area contributed by atoms with Crippen LogP contribution < -0.4 is 9.47 Å². The van der Waals surface area contributed by atoms with Crippen LogP contribution in [0.4, 0.5) is 0 Å². The van der Waals surface area contributed by atoms with E-state index in [-0.39, 0.29) is 5.91 Å². The number of ether oxygens (including phenoxy) is 2. The van der Waals surface area contributed by atoms with Crippen molar-refractivity contribution in [1.82, 2.24) is 4.90 Å². The molecule has 0 bridgehead atoms. The maximum Gasteiger partial charge on any atom is 0.254 e. The number of carbonyl (C=O) groups excluding carboxylic acids is 1. The third-order valence-corrected chi connectivity index (χ3v) is 4.23. The molecular weight excluding hydrogens is 290 g/mol. The molecule has 23 heavy (non-hydrogen) atoms. The largest absolute Gasteiger partial charge is 0.486 e. The number of carbonyl (C=O) groups is 1. The SMILES string of the molecule is O=C(c1ccc2c(c1)OCCO2)N(Cc1ccccc1)C1CC1. The maximum absolute atomic E-state index is 12.9. The molecule has 1 heterocycles. The van der Waals surface area contributed by atoms with Crippen LogP contribution in [0.2, 0.25) is 0 Å². The molecule has 1 amide bonds. The molecule has 2 aromatic rings. The van der Waals surface area contributed by atoms with Crippen molar-refractivity contribution in [3.8, 4) is 11.5 Å². The van der Waals surface area contributed by atoms with Gasteiger partial charge in [-0.25, -0.2) is 0 Å². The van der Waals surface area contributed by atoms with Crippen LogP contribution in [0.5, 0.6) is 11.5 Å². The molecule has 1 aliphatic heterocycles. The summed E-state index contributed by atoms with van der Waals surface area (Å²) < 4.78 is 11.1. The molecule has 1 fully saturated rings. The van der Waals surface area contributed by atoms with Crippen molar-refractivity contribution in [2.45, 2.75) is 25.4 Å². The summed E-state index contributed by atoms with van der Waals surface area (Å²) in [7, 11) is 0. The van der Waals surface area contributed by atoms with Crippen LogP contribution in [0, 0.1) is 0 Å². The van der Waals surface area contributed by atoms with E-state index in [1.54, 1.807) is 6.07 Å². The molecule has 118 valence electrons. The van der Waals surface area contributed by atoms with E-state index in [1.165, 1.54) is 0 Å². The average Bonchev–Trinajstić information content (AvgIpc) is 3.44. The van der Waals surface area contributed by atoms with Gasteiger partial charge >= 0.3 is 0 Å². The lowest BCUT2D eigenvalue weighted by Gasteiger charge is -2.24. The number of hydrogen-bond donors (Lipinski definition) is 0. The monoisotopic (exact) mass is 309 g/mol. The summed E-state index contributed by atoms with van der Waals surface area (Å²) in [6, 6.07) is 16.0. The molecule has 2 aliphatic rings. The summed E-state index contributed by atoms with van der Waals surface area (Å²) in [6.45, 7) is 1.74. The van der Waals surface area contributed by atoms with Gasteiger partial charge in [-0.15, -0.1) is 0 Å². The van der Waals surface area contributed by atoms with E-state index >= 15 is 0 Å². The van der Waals surface area contributed by atoms with Crippen LogP contribution in [-0.4, -0.2) is 30.1 Å². The van der Waals surface area contributed by atoms with Gasteiger partial charge in [0, 0.05) is 18.2 Å². The van der Waals surface area contributed by atoms with Gasteiger partial charge in [0.15, 0.2) is 11.5 Å². The molecule has 0 aromatic heterocycles. The van der Waals surface area contributed by atoms with Crippen LogP contribution in [-0.2, 0) is 6.54 Å². The minimum atomic E-state index is 0.0633. The molecule has 1 saturated carbocycles. The van der Waals surface area contributed by atoms with Gasteiger partial charge in [-0.3, -0.25) is 4.79 Å². The van der Waals surface area contributed by atoms with Crippen molar-refractivity contribution in [1.29, 1.82) is 0 Å². The van der Waals surface area contributed by atoms with E-state index in [0.29, 0.717) is 42.9 Å². The van der Waals surface area contributed by atoms with Crippen LogP contribution >= 0.6 is 0 Å². The Morgan fingerprint density at radius 3 is 2.48 bits per heavy atom. The average molecular weight is 309 g/mol. The van der Waals surface area contributed by atoms with E-state index < -0.39 is 0 Å². The molecule has 4 nitrogen and oxygen atoms in total. The zero-order valence-electron chi connectivity index (χ0n) is 12.9. The van der Waals surface area contributed by atoms with Crippen molar-refractivity contribution < 1.29 is 14.3 Å². The predicted molar refractivity (Wildman–Crippen MR) is 86.8 cm³/mol. The molecule has 0 saturated heterocycles. The lowest BCUT2D eigenvalue weighted by molar-refractivity contribution is 0.0729. The second-order valence-electron chi connectivity index (χ2n) is 6.01. The maximum atomic E-state index is 12.9. The third kappa shape index (κ3) is 3.02. The Bertz CT molecular complexity index is 710. The van der Waals surface area contributed by atoms with Gasteiger partial charge in [0.05, 0.1) is 0 Å². The molecule has 0 unspecified atom stereocenters. The van der Waals surface area contributed by atoms with Gasteiger partial charge in [-0.05, 0) is 36.6 Å². The van der Waals surface area contributed by atoms with E-state index in [4.69, 9.17) is 9.47 Å². The normalized spacial score (nSPS) is 16.0. The second kappa shape index (κ2) is 5.95. The number of hydrogen-bond acceptors (Lipinski definition) is 3. The van der Waals surface area contributed by atoms with Crippen molar-refractivity contribution in [3.05, 3.63) is 59.7 Å². The van der Waals surface area contributed by atoms with Crippen LogP contribution in [0.3, 0.4) is 0 Å². The number of benzene rings is 2. The second-order valence-corrected chi connectivity index (χ2v) is 6.01. The highest BCUT2D eigenvalue weighted by atomic mass is 16.6. The highest BCUT2D eigenvalue weighted by Gasteiger charge is 2.33. The molecule has 1 aliphatic carbocycles. The Morgan fingerprint density at radius 1 is 1.00 bits per heavy atom. The molecule has 0 spiro atoms. The zero-order chi connectivity index (χ0) is 15.6. The van der Waals surface area contributed by atoms with Crippen molar-refractivity contribution >= 4 is 5.91 Å². The topological polar surface area (TPSA) is 38.8 Å². The Kier molecular flexibility index (Phi) is 3.66. The summed E-state index contributed by atoms with van der Waals surface area (Å²) in [4.78, 5) is 14.9. The molecule has 0 N–H and O–H groups in total. The summed E-state index contributed by atoms with van der Waals surface area (Å²) in [5, 5.41) is 0. The first-order chi connectivity index (χ1) is 11.3. The Morgan fingerprint density at radius 2 is 1.74 bits per heavy atom. The number of rotatable bonds is 4. The quantitative estimate of drug-likeness (QED) is 0.870. The number of amides is 1. The van der Waals surface area contributed by atoms with E-state index in [2.05, 4.69) is 12.1 Å². The molecule has 4 rings (SSSR count). The third-order valence-electron chi connectivity index (χ3n) is 4.23. The van der Waals surface area contributed by atoms with Crippen LogP contribution in [0.25, 0.3) is 0 Å². The standard InChI is InChI=1S/C19H19NO3/c21-19(15-6-9-17-18(12-15)23-11-10-22-17)20(16-7-8-16)13-14-4-2-1-3-5-14/h1-6,9,12,16H,7-8,10-11,13H2. The van der Waals surface area contributed by atoms with Crippen LogP contribution in [0.15, 0.2) is 48.5 Å². The predicted octanol–water partition coefficient (Wildman–Crippen LogP) is 3.26. The van der Waals surface area contributed by atoms with Gasteiger partial charge in [-0.1, -0.05) is 30.3 Å². The highest BCUT2D eigenvalue weighted by molar-refractivity contribution is 5.95. The Balaban J connectivity index is 1.58. The summed E-state index contributed by atoms with van der Waals surface area (Å²) >= 11 is 0. The van der Waals surface area contributed by atoms with Gasteiger partial charge < -0.3 is 14.4 Å². The van der Waals surface area contributed by atoms with E-state index in [1.807, 2.05) is 35.2 Å². The fourth-order valence-corrected chi connectivity index (χ4v) is 2.88. The smallest absolute Gasteiger partial charge is 0.254 e. The highest BCUT2D eigenvalue weighted by Crippen LogP contribution is 2.34. The van der Waals surface area contributed by atoms with E-state index in [9.17, 15) is 4.79 Å². The Labute approximate surface area is 135 Å². The first-order valence-electron chi connectivity index (χ1n) is 8.06. The molecule has 2 aromatic carbocycles. The fourth-order valence-electron chi connectivity index (χ4n) is 2.88. The fraction of sp³-hybridized carbons (Fsp3) is 0.316. The molecular formula is C19H19NO3.